The van der Waals surface area contributed by atoms with Crippen molar-refractivity contribution in [3.8, 4) is 0 Å². The highest BCUT2D eigenvalue weighted by molar-refractivity contribution is 5.81. The molecule has 0 spiro atoms. The molecule has 0 bridgehead atoms. The van der Waals surface area contributed by atoms with Gasteiger partial charge in [-0.1, -0.05) is 6.42 Å². The third-order valence-electron chi connectivity index (χ3n) is 4.18. The van der Waals surface area contributed by atoms with E-state index in [-0.39, 0.29) is 0 Å². The van der Waals surface area contributed by atoms with Gasteiger partial charge in [-0.3, -0.25) is 4.68 Å². The van der Waals surface area contributed by atoms with Gasteiger partial charge in [0.15, 0.2) is 5.65 Å². The molecule has 3 rings (SSSR count). The summed E-state index contributed by atoms with van der Waals surface area (Å²) in [7, 11) is 1.93. The van der Waals surface area contributed by atoms with Gasteiger partial charge in [0.2, 0.25) is 0 Å². The third kappa shape index (κ3) is 2.18. The van der Waals surface area contributed by atoms with E-state index in [1.807, 2.05) is 24.9 Å². The number of aromatic nitrogens is 3. The minimum Gasteiger partial charge on any atom is -0.381 e. The molecule has 0 saturated heterocycles. The molecule has 1 fully saturated rings. The van der Waals surface area contributed by atoms with Crippen molar-refractivity contribution in [3.63, 3.8) is 0 Å². The fourth-order valence-corrected chi connectivity index (χ4v) is 3.11. The Hall–Kier alpha value is -1.62. The van der Waals surface area contributed by atoms with Crippen molar-refractivity contribution in [2.24, 2.45) is 18.7 Å². The van der Waals surface area contributed by atoms with Crippen LogP contribution in [0, 0.1) is 12.8 Å². The maximum Gasteiger partial charge on any atom is 0.157 e. The van der Waals surface area contributed by atoms with Crippen molar-refractivity contribution in [1.29, 1.82) is 0 Å². The molecule has 1 aliphatic carbocycles. The molecule has 1 aliphatic rings. The number of hydrogen-bond donors (Lipinski definition) is 2. The van der Waals surface area contributed by atoms with Gasteiger partial charge in [0.1, 0.15) is 0 Å². The quantitative estimate of drug-likeness (QED) is 0.882. The van der Waals surface area contributed by atoms with Crippen molar-refractivity contribution < 1.29 is 0 Å². The predicted molar refractivity (Wildman–Crippen MR) is 77.1 cm³/mol. The lowest BCUT2D eigenvalue weighted by Crippen LogP contribution is -2.29. The summed E-state index contributed by atoms with van der Waals surface area (Å²) < 4.78 is 1.83. The molecular weight excluding hydrogens is 238 g/mol. The van der Waals surface area contributed by atoms with Crippen LogP contribution >= 0.6 is 0 Å². The van der Waals surface area contributed by atoms with Gasteiger partial charge in [0, 0.05) is 18.5 Å². The number of nitrogens with two attached hydrogens (primary N) is 1. The van der Waals surface area contributed by atoms with E-state index in [9.17, 15) is 0 Å². The average molecular weight is 259 g/mol. The Kier molecular flexibility index (Phi) is 3.14. The zero-order chi connectivity index (χ0) is 13.4. The largest absolute Gasteiger partial charge is 0.381 e. The Labute approximate surface area is 113 Å². The summed E-state index contributed by atoms with van der Waals surface area (Å²) in [5, 5.41) is 9.11. The second-order valence-corrected chi connectivity index (χ2v) is 5.48. The molecule has 5 heteroatoms. The molecule has 2 aromatic rings. The van der Waals surface area contributed by atoms with Gasteiger partial charge < -0.3 is 11.1 Å². The molecular formula is C14H21N5. The smallest absolute Gasteiger partial charge is 0.157 e. The summed E-state index contributed by atoms with van der Waals surface area (Å²) >= 11 is 0. The van der Waals surface area contributed by atoms with Crippen LogP contribution in [-0.4, -0.2) is 27.4 Å². The highest BCUT2D eigenvalue weighted by atomic mass is 15.3. The third-order valence-corrected chi connectivity index (χ3v) is 4.18. The first kappa shape index (κ1) is 12.4. The first-order valence-electron chi connectivity index (χ1n) is 6.95. The fourth-order valence-electron chi connectivity index (χ4n) is 3.11. The maximum absolute atomic E-state index is 5.83. The van der Waals surface area contributed by atoms with Crippen LogP contribution in [0.1, 0.15) is 25.0 Å². The second-order valence-electron chi connectivity index (χ2n) is 5.48. The van der Waals surface area contributed by atoms with Gasteiger partial charge in [0.05, 0.1) is 17.6 Å². The van der Waals surface area contributed by atoms with E-state index in [0.29, 0.717) is 12.0 Å². The van der Waals surface area contributed by atoms with Crippen molar-refractivity contribution in [2.45, 2.75) is 32.2 Å². The van der Waals surface area contributed by atoms with Crippen LogP contribution in [0.2, 0.25) is 0 Å². The topological polar surface area (TPSA) is 68.8 Å². The molecule has 2 unspecified atom stereocenters. The molecule has 102 valence electrons. The molecule has 2 aromatic heterocycles. The number of rotatable bonds is 3. The highest BCUT2D eigenvalue weighted by Crippen LogP contribution is 2.28. The number of fused-ring (bicyclic) bond motifs is 1. The number of nitrogens with one attached hydrogen (secondary N) is 1. The van der Waals surface area contributed by atoms with Gasteiger partial charge in [-0.2, -0.15) is 5.10 Å². The Balaban J connectivity index is 1.87. The average Bonchev–Trinajstić information content (AvgIpc) is 2.95. The predicted octanol–water partition coefficient (Wildman–Crippen LogP) is 1.82. The first-order valence-corrected chi connectivity index (χ1v) is 6.95. The van der Waals surface area contributed by atoms with E-state index in [0.717, 1.165) is 29.0 Å². The minimum absolute atomic E-state index is 0.487. The number of anilines is 1. The van der Waals surface area contributed by atoms with Crippen LogP contribution in [0.15, 0.2) is 12.3 Å². The van der Waals surface area contributed by atoms with Crippen LogP contribution in [0.25, 0.3) is 11.0 Å². The second kappa shape index (κ2) is 4.81. The minimum atomic E-state index is 0.487. The molecule has 19 heavy (non-hydrogen) atoms. The fraction of sp³-hybridized carbons (Fsp3) is 0.571. The van der Waals surface area contributed by atoms with E-state index in [1.54, 1.807) is 0 Å². The van der Waals surface area contributed by atoms with E-state index in [4.69, 9.17) is 5.73 Å². The van der Waals surface area contributed by atoms with E-state index >= 15 is 0 Å². The van der Waals surface area contributed by atoms with Crippen LogP contribution in [-0.2, 0) is 7.05 Å². The van der Waals surface area contributed by atoms with Crippen molar-refractivity contribution in [1.82, 2.24) is 14.8 Å². The summed E-state index contributed by atoms with van der Waals surface area (Å²) in [6, 6.07) is 2.64. The van der Waals surface area contributed by atoms with E-state index < -0.39 is 0 Å². The summed E-state index contributed by atoms with van der Waals surface area (Å²) in [5.74, 6) is 0.589. The zero-order valence-electron chi connectivity index (χ0n) is 11.6. The summed E-state index contributed by atoms with van der Waals surface area (Å²) in [6.07, 6.45) is 5.60. The standard InChI is InChI=1S/C14H21N5/c1-9-12-6-11(8-16-14(12)19(2)18-9)17-13-5-3-4-10(13)7-15/h6,8,10,13,17H,3-5,7,15H2,1-2H3. The SMILES string of the molecule is Cc1nn(C)c2ncc(NC3CCCC3CN)cc12. The zero-order valence-corrected chi connectivity index (χ0v) is 11.6. The van der Waals surface area contributed by atoms with Crippen LogP contribution in [0.3, 0.4) is 0 Å². The lowest BCUT2D eigenvalue weighted by atomic mass is 10.0. The molecule has 0 aliphatic heterocycles. The van der Waals surface area contributed by atoms with Crippen molar-refractivity contribution >= 4 is 16.7 Å². The van der Waals surface area contributed by atoms with Gasteiger partial charge in [0.25, 0.3) is 0 Å². The summed E-state index contributed by atoms with van der Waals surface area (Å²) in [5.41, 5.74) is 8.86. The summed E-state index contributed by atoms with van der Waals surface area (Å²) in [4.78, 5) is 4.50. The van der Waals surface area contributed by atoms with E-state index in [2.05, 4.69) is 21.5 Å². The highest BCUT2D eigenvalue weighted by Gasteiger charge is 2.25. The Morgan fingerprint density at radius 1 is 1.47 bits per heavy atom. The lowest BCUT2D eigenvalue weighted by Gasteiger charge is -2.20. The number of aryl methyl sites for hydroxylation is 2. The molecule has 1 saturated carbocycles. The van der Waals surface area contributed by atoms with Crippen LogP contribution in [0.5, 0.6) is 0 Å². The van der Waals surface area contributed by atoms with Gasteiger partial charge >= 0.3 is 0 Å². The van der Waals surface area contributed by atoms with Crippen molar-refractivity contribution in [3.05, 3.63) is 18.0 Å². The Bertz CT molecular complexity index is 589. The molecule has 0 radical (unpaired) electrons. The molecule has 3 N–H and O–H groups in total. The molecule has 0 aromatic carbocycles. The van der Waals surface area contributed by atoms with Gasteiger partial charge in [-0.25, -0.2) is 4.98 Å². The van der Waals surface area contributed by atoms with Gasteiger partial charge in [-0.15, -0.1) is 0 Å². The van der Waals surface area contributed by atoms with Crippen LogP contribution < -0.4 is 11.1 Å². The molecule has 5 nitrogen and oxygen atoms in total. The monoisotopic (exact) mass is 259 g/mol. The lowest BCUT2D eigenvalue weighted by molar-refractivity contribution is 0.516. The number of nitrogens with zero attached hydrogens (tertiary/aromatic N) is 3. The molecule has 2 heterocycles. The Morgan fingerprint density at radius 3 is 3.11 bits per heavy atom. The van der Waals surface area contributed by atoms with Crippen LogP contribution in [0.4, 0.5) is 5.69 Å². The molecule has 2 atom stereocenters. The Morgan fingerprint density at radius 2 is 2.32 bits per heavy atom. The number of pyridine rings is 1. The maximum atomic E-state index is 5.83. The first-order chi connectivity index (χ1) is 9.19. The number of hydrogen-bond acceptors (Lipinski definition) is 4. The van der Waals surface area contributed by atoms with E-state index in [1.165, 1.54) is 19.3 Å². The normalized spacial score (nSPS) is 23.1. The molecule has 0 amide bonds. The summed E-state index contributed by atoms with van der Waals surface area (Å²) in [6.45, 7) is 2.78. The van der Waals surface area contributed by atoms with Crippen molar-refractivity contribution in [2.75, 3.05) is 11.9 Å². The van der Waals surface area contributed by atoms with Gasteiger partial charge in [-0.05, 0) is 38.3 Å².